The zero-order valence-corrected chi connectivity index (χ0v) is 16.6. The lowest BCUT2D eigenvalue weighted by molar-refractivity contribution is -0.139. The Kier molecular flexibility index (Phi) is 5.65. The molecule has 6 heteroatoms. The summed E-state index contributed by atoms with van der Waals surface area (Å²) in [6.45, 7) is 5.99. The van der Waals surface area contributed by atoms with Gasteiger partial charge in [0.15, 0.2) is 5.16 Å². The summed E-state index contributed by atoms with van der Waals surface area (Å²) in [5.41, 5.74) is 2.37. The fraction of sp³-hybridized carbons (Fsp3) is 0.286. The first kappa shape index (κ1) is 19.2. The van der Waals surface area contributed by atoms with E-state index in [1.54, 1.807) is 23.6 Å². The number of hydrogen-bond acceptors (Lipinski definition) is 5. The Morgan fingerprint density at radius 2 is 1.74 bits per heavy atom. The number of esters is 1. The van der Waals surface area contributed by atoms with Gasteiger partial charge in [0, 0.05) is 0 Å². The van der Waals surface area contributed by atoms with E-state index in [-0.39, 0.29) is 11.5 Å². The number of carbonyl (C=O) groups is 1. The Morgan fingerprint density at radius 3 is 2.37 bits per heavy atom. The number of carbonyl (C=O) groups excluding carboxylic acids is 1. The van der Waals surface area contributed by atoms with Crippen LogP contribution in [0.4, 0.5) is 0 Å². The number of ether oxygens (including phenoxy) is 1. The van der Waals surface area contributed by atoms with Crippen molar-refractivity contribution in [1.29, 1.82) is 0 Å². The molecule has 0 spiro atoms. The number of methoxy groups -OCH3 is 1. The number of benzene rings is 2. The molecule has 0 N–H and O–H groups in total. The van der Waals surface area contributed by atoms with Crippen LogP contribution in [0, 0.1) is 0 Å². The Morgan fingerprint density at radius 1 is 1.07 bits per heavy atom. The zero-order chi connectivity index (χ0) is 19.6. The van der Waals surface area contributed by atoms with Gasteiger partial charge in [0.25, 0.3) is 5.56 Å². The Hall–Kier alpha value is -2.60. The lowest BCUT2D eigenvalue weighted by Gasteiger charge is -2.16. The van der Waals surface area contributed by atoms with E-state index in [2.05, 4.69) is 18.8 Å². The second-order valence-electron chi connectivity index (χ2n) is 6.58. The maximum absolute atomic E-state index is 13.2. The molecule has 0 unspecified atom stereocenters. The van der Waals surface area contributed by atoms with Crippen LogP contribution in [0.1, 0.15) is 32.3 Å². The molecule has 0 amide bonds. The topological polar surface area (TPSA) is 61.2 Å². The highest BCUT2D eigenvalue weighted by Crippen LogP contribution is 2.26. The molecule has 0 radical (unpaired) electrons. The summed E-state index contributed by atoms with van der Waals surface area (Å²) < 4.78 is 6.38. The number of rotatable bonds is 5. The predicted octanol–water partition coefficient (Wildman–Crippen LogP) is 4.16. The van der Waals surface area contributed by atoms with E-state index < -0.39 is 5.25 Å². The molecule has 5 nitrogen and oxygen atoms in total. The standard InChI is InChI=1S/C21H22N2O3S/c1-13(2)15-9-11-16(12-10-15)23-19(24)17-7-5-6-8-18(17)22-21(23)27-14(3)20(25)26-4/h5-14H,1-4H3/t14-/m0/s1. The lowest BCUT2D eigenvalue weighted by Crippen LogP contribution is -2.24. The molecule has 0 saturated heterocycles. The monoisotopic (exact) mass is 382 g/mol. The summed E-state index contributed by atoms with van der Waals surface area (Å²) in [6, 6.07) is 15.1. The summed E-state index contributed by atoms with van der Waals surface area (Å²) in [5, 5.41) is 0.527. The first-order valence-electron chi connectivity index (χ1n) is 8.79. The van der Waals surface area contributed by atoms with Crippen LogP contribution in [0.3, 0.4) is 0 Å². The SMILES string of the molecule is COC(=O)[C@H](C)Sc1nc2ccccc2c(=O)n1-c1ccc(C(C)C)cc1. The minimum atomic E-state index is -0.482. The summed E-state index contributed by atoms with van der Waals surface area (Å²) in [4.78, 5) is 29.7. The summed E-state index contributed by atoms with van der Waals surface area (Å²) in [6.07, 6.45) is 0. The first-order valence-corrected chi connectivity index (χ1v) is 9.67. The fourth-order valence-electron chi connectivity index (χ4n) is 2.80. The molecule has 1 atom stereocenters. The van der Waals surface area contributed by atoms with Crippen molar-refractivity contribution in [1.82, 2.24) is 9.55 Å². The van der Waals surface area contributed by atoms with Gasteiger partial charge in [-0.2, -0.15) is 0 Å². The highest BCUT2D eigenvalue weighted by molar-refractivity contribution is 8.00. The van der Waals surface area contributed by atoms with Crippen LogP contribution < -0.4 is 5.56 Å². The van der Waals surface area contributed by atoms with Crippen LogP contribution in [0.15, 0.2) is 58.5 Å². The minimum absolute atomic E-state index is 0.155. The second kappa shape index (κ2) is 7.96. The smallest absolute Gasteiger partial charge is 0.318 e. The third-order valence-electron chi connectivity index (χ3n) is 4.38. The molecule has 0 aliphatic rings. The number of thioether (sulfide) groups is 1. The molecule has 0 bridgehead atoms. The zero-order valence-electron chi connectivity index (χ0n) is 15.8. The highest BCUT2D eigenvalue weighted by Gasteiger charge is 2.20. The molecule has 1 aromatic heterocycles. The molecule has 0 fully saturated rings. The number of aromatic nitrogens is 2. The van der Waals surface area contributed by atoms with E-state index in [0.29, 0.717) is 22.0 Å². The van der Waals surface area contributed by atoms with Crippen molar-refractivity contribution in [3.8, 4) is 5.69 Å². The van der Waals surface area contributed by atoms with Gasteiger partial charge >= 0.3 is 5.97 Å². The average molecular weight is 382 g/mol. The largest absolute Gasteiger partial charge is 0.468 e. The van der Waals surface area contributed by atoms with Gasteiger partial charge in [-0.05, 0) is 42.7 Å². The summed E-state index contributed by atoms with van der Waals surface area (Å²) in [7, 11) is 1.35. The predicted molar refractivity (Wildman–Crippen MR) is 109 cm³/mol. The van der Waals surface area contributed by atoms with E-state index in [9.17, 15) is 9.59 Å². The van der Waals surface area contributed by atoms with Gasteiger partial charge in [0.05, 0.1) is 23.7 Å². The van der Waals surface area contributed by atoms with Crippen LogP contribution in [-0.4, -0.2) is 27.9 Å². The van der Waals surface area contributed by atoms with Crippen molar-refractivity contribution < 1.29 is 9.53 Å². The number of hydrogen-bond donors (Lipinski definition) is 0. The number of para-hydroxylation sites is 1. The van der Waals surface area contributed by atoms with Gasteiger partial charge in [0.1, 0.15) is 5.25 Å². The van der Waals surface area contributed by atoms with Crippen LogP contribution >= 0.6 is 11.8 Å². The van der Waals surface area contributed by atoms with Gasteiger partial charge in [-0.15, -0.1) is 0 Å². The van der Waals surface area contributed by atoms with Crippen molar-refractivity contribution in [2.24, 2.45) is 0 Å². The average Bonchev–Trinajstić information content (AvgIpc) is 2.67. The fourth-order valence-corrected chi connectivity index (χ4v) is 3.75. The molecule has 140 valence electrons. The normalized spacial score (nSPS) is 12.3. The third-order valence-corrected chi connectivity index (χ3v) is 5.41. The lowest BCUT2D eigenvalue weighted by atomic mass is 10.0. The van der Waals surface area contributed by atoms with Gasteiger partial charge in [-0.1, -0.05) is 49.9 Å². The highest BCUT2D eigenvalue weighted by atomic mass is 32.2. The molecule has 0 aliphatic carbocycles. The molecule has 0 aliphatic heterocycles. The summed E-state index contributed by atoms with van der Waals surface area (Å²) in [5.74, 6) is 0.0443. The summed E-state index contributed by atoms with van der Waals surface area (Å²) >= 11 is 1.21. The Balaban J connectivity index is 2.18. The molecule has 27 heavy (non-hydrogen) atoms. The molecule has 0 saturated carbocycles. The molecular formula is C21H22N2O3S. The van der Waals surface area contributed by atoms with Crippen LogP contribution in [0.25, 0.3) is 16.6 Å². The third kappa shape index (κ3) is 3.90. The van der Waals surface area contributed by atoms with Crippen LogP contribution in [0.5, 0.6) is 0 Å². The second-order valence-corrected chi connectivity index (χ2v) is 7.89. The number of nitrogens with zero attached hydrogens (tertiary/aromatic N) is 2. The van der Waals surface area contributed by atoms with Crippen molar-refractivity contribution in [2.75, 3.05) is 7.11 Å². The van der Waals surface area contributed by atoms with Crippen molar-refractivity contribution in [3.63, 3.8) is 0 Å². The molecular weight excluding hydrogens is 360 g/mol. The van der Waals surface area contributed by atoms with E-state index in [1.165, 1.54) is 24.4 Å². The van der Waals surface area contributed by atoms with Gasteiger partial charge in [-0.3, -0.25) is 14.2 Å². The Bertz CT molecular complexity index is 1030. The number of fused-ring (bicyclic) bond motifs is 1. The van der Waals surface area contributed by atoms with E-state index in [4.69, 9.17) is 4.74 Å². The van der Waals surface area contributed by atoms with E-state index in [1.807, 2.05) is 36.4 Å². The Labute approximate surface area is 162 Å². The minimum Gasteiger partial charge on any atom is -0.468 e. The van der Waals surface area contributed by atoms with Crippen molar-refractivity contribution in [3.05, 3.63) is 64.4 Å². The van der Waals surface area contributed by atoms with Gasteiger partial charge < -0.3 is 4.74 Å². The van der Waals surface area contributed by atoms with Crippen LogP contribution in [-0.2, 0) is 9.53 Å². The molecule has 3 aromatic rings. The van der Waals surface area contributed by atoms with Crippen LogP contribution in [0.2, 0.25) is 0 Å². The first-order chi connectivity index (χ1) is 12.9. The molecule has 2 aromatic carbocycles. The van der Waals surface area contributed by atoms with Crippen molar-refractivity contribution >= 4 is 28.6 Å². The molecule has 3 rings (SSSR count). The maximum Gasteiger partial charge on any atom is 0.318 e. The van der Waals surface area contributed by atoms with Gasteiger partial charge in [-0.25, -0.2) is 4.98 Å². The maximum atomic E-state index is 13.2. The van der Waals surface area contributed by atoms with Gasteiger partial charge in [0.2, 0.25) is 0 Å². The quantitative estimate of drug-likeness (QED) is 0.377. The van der Waals surface area contributed by atoms with E-state index in [0.717, 1.165) is 5.69 Å². The molecule has 1 heterocycles. The van der Waals surface area contributed by atoms with Crippen molar-refractivity contribution in [2.45, 2.75) is 37.1 Å². The van der Waals surface area contributed by atoms with E-state index >= 15 is 0 Å².